The van der Waals surface area contributed by atoms with Crippen LogP contribution in [-0.2, 0) is 14.0 Å². The second kappa shape index (κ2) is 11.7. The molecular weight excluding hydrogens is 473 g/mol. The van der Waals surface area contributed by atoms with Gasteiger partial charge >= 0.3 is 5.97 Å². The van der Waals surface area contributed by atoms with Crippen molar-refractivity contribution >= 4 is 91.3 Å². The van der Waals surface area contributed by atoms with Gasteiger partial charge in [0.2, 0.25) is 9.76 Å². The molecule has 1 fully saturated rings. The van der Waals surface area contributed by atoms with E-state index in [-0.39, 0.29) is 23.8 Å². The summed E-state index contributed by atoms with van der Waals surface area (Å²) in [5, 5.41) is 5.74. The smallest absolute Gasteiger partial charge is 0.303 e. The predicted molar refractivity (Wildman–Crippen MR) is 109 cm³/mol. The molecule has 1 N–H and O–H groups in total. The zero-order chi connectivity index (χ0) is 19.9. The van der Waals surface area contributed by atoms with Gasteiger partial charge < -0.3 is 9.53 Å². The first-order chi connectivity index (χ1) is 11.3. The van der Waals surface area contributed by atoms with Gasteiger partial charge in [-0.3, -0.25) is 9.59 Å². The van der Waals surface area contributed by atoms with E-state index in [1.54, 1.807) is 0 Å². The molecular formula is C14H22Cl6O4Si. The van der Waals surface area contributed by atoms with E-state index in [2.05, 4.69) is 0 Å². The highest BCUT2D eigenvalue weighted by Crippen LogP contribution is 2.39. The summed E-state index contributed by atoms with van der Waals surface area (Å²) < 4.78 is 4.99. The van der Waals surface area contributed by atoms with E-state index in [1.807, 2.05) is 20.8 Å². The van der Waals surface area contributed by atoms with Crippen molar-refractivity contribution in [2.75, 3.05) is 0 Å². The lowest BCUT2D eigenvalue weighted by Crippen LogP contribution is -2.52. The van der Waals surface area contributed by atoms with Crippen LogP contribution >= 0.6 is 69.6 Å². The van der Waals surface area contributed by atoms with Crippen LogP contribution in [0, 0.1) is 0 Å². The molecule has 1 rings (SSSR count). The van der Waals surface area contributed by atoms with Crippen molar-refractivity contribution in [3.8, 4) is 0 Å². The number of hydrogen-bond donors (Lipinski definition) is 1. The lowest BCUT2D eigenvalue weighted by molar-refractivity contribution is -0.142. The second-order valence-electron chi connectivity index (χ2n) is 6.78. The number of carbonyl (C=O) groups excluding carboxylic acids is 1. The molecule has 0 amide bonds. The van der Waals surface area contributed by atoms with Crippen molar-refractivity contribution in [2.24, 2.45) is 0 Å². The Hall–Kier alpha value is 0.897. The maximum absolute atomic E-state index is 10.9. The maximum Gasteiger partial charge on any atom is 0.303 e. The average Bonchev–Trinajstić information content (AvgIpc) is 2.52. The summed E-state index contributed by atoms with van der Waals surface area (Å²) in [6.07, 6.45) is -0.157. The lowest BCUT2D eigenvalue weighted by Gasteiger charge is -2.37. The molecule has 0 bridgehead atoms. The van der Waals surface area contributed by atoms with Crippen LogP contribution < -0.4 is 0 Å². The molecule has 0 aliphatic heterocycles. The molecule has 1 aliphatic rings. The van der Waals surface area contributed by atoms with E-state index in [0.717, 1.165) is 0 Å². The van der Waals surface area contributed by atoms with E-state index >= 15 is 0 Å². The van der Waals surface area contributed by atoms with Crippen LogP contribution in [0.5, 0.6) is 0 Å². The van der Waals surface area contributed by atoms with Gasteiger partial charge in [-0.15, -0.1) is 69.6 Å². The van der Waals surface area contributed by atoms with E-state index in [1.165, 1.54) is 0 Å². The molecule has 148 valence electrons. The van der Waals surface area contributed by atoms with Crippen molar-refractivity contribution in [1.82, 2.24) is 0 Å². The highest BCUT2D eigenvalue weighted by atomic mass is 35.5. The molecule has 1 saturated carbocycles. The number of carboxylic acid groups (broad SMARTS) is 1. The fraction of sp³-hybridized carbons (Fsp3) is 0.857. The Morgan fingerprint density at radius 2 is 1.16 bits per heavy atom. The molecule has 11 heteroatoms. The van der Waals surface area contributed by atoms with Crippen molar-refractivity contribution < 1.29 is 19.1 Å². The quantitative estimate of drug-likeness (QED) is 0.466. The molecule has 0 saturated heterocycles. The molecule has 0 atom stereocenters. The van der Waals surface area contributed by atoms with Crippen molar-refractivity contribution in [3.63, 3.8) is 0 Å². The van der Waals surface area contributed by atoms with Gasteiger partial charge in [0, 0.05) is 0 Å². The van der Waals surface area contributed by atoms with Crippen LogP contribution in [0.4, 0.5) is 0 Å². The number of carboxylic acids is 1. The first-order valence-electron chi connectivity index (χ1n) is 7.49. The SMILES string of the molecule is CC(C)(C)[SiH2]OC(=O)CCC(=O)O.ClC1C(Cl)C(Cl)C(Cl)C(Cl)C1Cl. The van der Waals surface area contributed by atoms with Gasteiger partial charge in [-0.1, -0.05) is 20.8 Å². The lowest BCUT2D eigenvalue weighted by atomic mass is 9.97. The Bertz CT molecular complexity index is 389. The zero-order valence-electron chi connectivity index (χ0n) is 14.0. The Morgan fingerprint density at radius 1 is 0.840 bits per heavy atom. The molecule has 0 aromatic heterocycles. The normalized spacial score (nSPS) is 32.8. The fourth-order valence-electron chi connectivity index (χ4n) is 1.63. The second-order valence-corrected chi connectivity index (χ2v) is 12.5. The van der Waals surface area contributed by atoms with E-state index in [9.17, 15) is 9.59 Å². The highest BCUT2D eigenvalue weighted by molar-refractivity contribution is 6.45. The largest absolute Gasteiger partial charge is 0.524 e. The minimum absolute atomic E-state index is 0.0155. The average molecular weight is 495 g/mol. The Labute approximate surface area is 180 Å². The van der Waals surface area contributed by atoms with Gasteiger partial charge in [0.1, 0.15) is 0 Å². The van der Waals surface area contributed by atoms with Crippen molar-refractivity contribution in [3.05, 3.63) is 0 Å². The van der Waals surface area contributed by atoms with Gasteiger partial charge in [-0.25, -0.2) is 0 Å². The first-order valence-corrected chi connectivity index (χ1v) is 11.4. The van der Waals surface area contributed by atoms with E-state index in [0.29, 0.717) is 0 Å². The van der Waals surface area contributed by atoms with Crippen LogP contribution in [-0.4, -0.2) is 59.1 Å². The summed E-state index contributed by atoms with van der Waals surface area (Å²) in [6, 6.07) is 0. The molecule has 0 spiro atoms. The molecule has 0 unspecified atom stereocenters. The number of hydrogen-bond acceptors (Lipinski definition) is 3. The number of rotatable bonds is 4. The number of halogens is 6. The number of carbonyl (C=O) groups is 2. The molecule has 1 aliphatic carbocycles. The van der Waals surface area contributed by atoms with Gasteiger partial charge in [0.25, 0.3) is 5.97 Å². The molecule has 0 aromatic rings. The Morgan fingerprint density at radius 3 is 1.40 bits per heavy atom. The van der Waals surface area contributed by atoms with Crippen LogP contribution in [0.25, 0.3) is 0 Å². The maximum atomic E-state index is 10.9. The van der Waals surface area contributed by atoms with Gasteiger partial charge in [-0.05, 0) is 5.04 Å². The summed E-state index contributed by atoms with van der Waals surface area (Å²) in [7, 11) is -0.885. The molecule has 25 heavy (non-hydrogen) atoms. The standard InChI is InChI=1S/C8H16O4Si.C6H6Cl6/c1-8(2,3)13-12-7(11)5-4-6(9)10;7-1-2(8)4(10)6(12)5(11)3(1)9/h4-5,13H2,1-3H3,(H,9,10);1-6H. The number of aliphatic carboxylic acids is 1. The van der Waals surface area contributed by atoms with Crippen molar-refractivity contribution in [2.45, 2.75) is 70.9 Å². The fourth-order valence-corrected chi connectivity index (χ4v) is 4.70. The minimum atomic E-state index is -0.964. The summed E-state index contributed by atoms with van der Waals surface area (Å²) in [5.74, 6) is -1.35. The Kier molecular flexibility index (Phi) is 12.1. The zero-order valence-corrected chi connectivity index (χ0v) is 20.0. The molecule has 0 aromatic carbocycles. The summed E-state index contributed by atoms with van der Waals surface area (Å²) in [4.78, 5) is 21.1. The third kappa shape index (κ3) is 10.1. The topological polar surface area (TPSA) is 63.6 Å². The predicted octanol–water partition coefficient (Wildman–Crippen LogP) is 4.34. The van der Waals surface area contributed by atoms with E-state index < -0.39 is 48.0 Å². The number of alkyl halides is 6. The summed E-state index contributed by atoms with van der Waals surface area (Å²) in [5.41, 5.74) is 0. The van der Waals surface area contributed by atoms with Gasteiger partial charge in [-0.2, -0.15) is 0 Å². The van der Waals surface area contributed by atoms with Crippen molar-refractivity contribution in [1.29, 1.82) is 0 Å². The van der Waals surface area contributed by atoms with Crippen LogP contribution in [0.2, 0.25) is 5.04 Å². The molecule has 0 heterocycles. The monoisotopic (exact) mass is 492 g/mol. The third-order valence-electron chi connectivity index (χ3n) is 3.03. The van der Waals surface area contributed by atoms with Crippen LogP contribution in [0.1, 0.15) is 33.6 Å². The first kappa shape index (κ1) is 25.9. The third-order valence-corrected chi connectivity index (χ3v) is 8.40. The molecule has 0 radical (unpaired) electrons. The van der Waals surface area contributed by atoms with Gasteiger partial charge in [0.05, 0.1) is 45.1 Å². The molecule has 4 nitrogen and oxygen atoms in total. The summed E-state index contributed by atoms with van der Waals surface area (Å²) in [6.45, 7) is 6.01. The minimum Gasteiger partial charge on any atom is -0.524 e. The van der Waals surface area contributed by atoms with Crippen LogP contribution in [0.3, 0.4) is 0 Å². The van der Waals surface area contributed by atoms with Gasteiger partial charge in [0.15, 0.2) is 0 Å². The highest BCUT2D eigenvalue weighted by Gasteiger charge is 2.46. The van der Waals surface area contributed by atoms with E-state index in [4.69, 9.17) is 79.1 Å². The Balaban J connectivity index is 0.000000462. The van der Waals surface area contributed by atoms with Crippen LogP contribution in [0.15, 0.2) is 0 Å². The summed E-state index contributed by atoms with van der Waals surface area (Å²) >= 11 is 35.3.